The maximum absolute atomic E-state index is 12.8. The van der Waals surface area contributed by atoms with E-state index in [1.54, 1.807) is 20.8 Å². The molecule has 0 fully saturated rings. The van der Waals surface area contributed by atoms with Gasteiger partial charge in [0, 0.05) is 13.1 Å². The maximum atomic E-state index is 12.8. The predicted molar refractivity (Wildman–Crippen MR) is 94.6 cm³/mol. The summed E-state index contributed by atoms with van der Waals surface area (Å²) in [4.78, 5) is 11.5. The number of amides is 1. The Balaban J connectivity index is 2.68. The summed E-state index contributed by atoms with van der Waals surface area (Å²) in [5, 5.41) is 7.77. The molecule has 1 amide bonds. The molecule has 5 N–H and O–H groups in total. The lowest BCUT2D eigenvalue weighted by molar-refractivity contribution is -0.137. The third-order valence-corrected chi connectivity index (χ3v) is 2.82. The largest absolute Gasteiger partial charge is 0.444 e. The van der Waals surface area contributed by atoms with E-state index in [0.717, 1.165) is 12.1 Å². The molecule has 1 rings (SSSR count). The van der Waals surface area contributed by atoms with E-state index in [1.165, 1.54) is 6.07 Å². The Kier molecular flexibility index (Phi) is 6.86. The van der Waals surface area contributed by atoms with Gasteiger partial charge in [0.05, 0.1) is 16.9 Å². The van der Waals surface area contributed by atoms with Gasteiger partial charge >= 0.3 is 12.3 Å². The first kappa shape index (κ1) is 20.8. The summed E-state index contributed by atoms with van der Waals surface area (Å²) in [6.45, 7) is 5.68. The van der Waals surface area contributed by atoms with Crippen molar-refractivity contribution in [1.29, 1.82) is 0 Å². The molecule has 25 heavy (non-hydrogen) atoms. The number of alkyl halides is 3. The number of hydrogen-bond acceptors (Lipinski definition) is 4. The van der Waals surface area contributed by atoms with Crippen LogP contribution < -0.4 is 21.7 Å². The van der Waals surface area contributed by atoms with Crippen LogP contribution in [0, 0.1) is 0 Å². The number of hydrogen-bond donors (Lipinski definition) is 4. The molecule has 10 heteroatoms. The minimum absolute atomic E-state index is 0.0968. The zero-order chi connectivity index (χ0) is 19.3. The SMILES string of the molecule is CC(C)(C)OC(=O)NCCNc1ccc(C(F)(F)F)cc1NC(N)=S. The number of nitrogens with two attached hydrogens (primary N) is 1. The lowest BCUT2D eigenvalue weighted by Gasteiger charge is -2.20. The first-order valence-corrected chi connectivity index (χ1v) is 7.78. The molecule has 0 aliphatic heterocycles. The van der Waals surface area contributed by atoms with Crippen LogP contribution in [-0.4, -0.2) is 29.9 Å². The number of halogens is 3. The van der Waals surface area contributed by atoms with E-state index in [1.807, 2.05) is 0 Å². The molecule has 1 aromatic rings. The van der Waals surface area contributed by atoms with Gasteiger partial charge in [-0.1, -0.05) is 0 Å². The number of nitrogens with one attached hydrogen (secondary N) is 3. The summed E-state index contributed by atoms with van der Waals surface area (Å²) in [5.41, 5.74) is 4.37. The quantitative estimate of drug-likeness (QED) is 0.465. The number of carbonyl (C=O) groups is 1. The molecule has 140 valence electrons. The van der Waals surface area contributed by atoms with Crippen molar-refractivity contribution in [3.63, 3.8) is 0 Å². The van der Waals surface area contributed by atoms with Gasteiger partial charge in [-0.2, -0.15) is 13.2 Å². The second-order valence-electron chi connectivity index (χ2n) is 6.10. The Labute approximate surface area is 149 Å². The van der Waals surface area contributed by atoms with Crippen LogP contribution in [0.2, 0.25) is 0 Å². The first-order valence-electron chi connectivity index (χ1n) is 7.37. The molecule has 6 nitrogen and oxygen atoms in total. The number of anilines is 2. The maximum Gasteiger partial charge on any atom is 0.416 e. The molecule has 0 unspecified atom stereocenters. The molecular weight excluding hydrogens is 357 g/mol. The lowest BCUT2D eigenvalue weighted by atomic mass is 10.1. The third kappa shape index (κ3) is 7.92. The molecule has 0 radical (unpaired) electrons. The van der Waals surface area contributed by atoms with Crippen LogP contribution in [0.4, 0.5) is 29.3 Å². The highest BCUT2D eigenvalue weighted by Crippen LogP contribution is 2.33. The normalized spacial score (nSPS) is 11.6. The fourth-order valence-electron chi connectivity index (χ4n) is 1.79. The lowest BCUT2D eigenvalue weighted by Crippen LogP contribution is -2.35. The van der Waals surface area contributed by atoms with Crippen molar-refractivity contribution >= 4 is 34.8 Å². The van der Waals surface area contributed by atoms with Crippen molar-refractivity contribution in [1.82, 2.24) is 5.32 Å². The predicted octanol–water partition coefficient (Wildman–Crippen LogP) is 3.30. The highest BCUT2D eigenvalue weighted by Gasteiger charge is 2.31. The van der Waals surface area contributed by atoms with Crippen molar-refractivity contribution in [3.05, 3.63) is 23.8 Å². The molecule has 0 heterocycles. The smallest absolute Gasteiger partial charge is 0.416 e. The third-order valence-electron chi connectivity index (χ3n) is 2.71. The zero-order valence-corrected chi connectivity index (χ0v) is 14.9. The van der Waals surface area contributed by atoms with Crippen LogP contribution in [0.25, 0.3) is 0 Å². The van der Waals surface area contributed by atoms with Crippen LogP contribution in [0.3, 0.4) is 0 Å². The van der Waals surface area contributed by atoms with Gasteiger partial charge in [0.1, 0.15) is 5.60 Å². The summed E-state index contributed by atoms with van der Waals surface area (Å²) in [7, 11) is 0. The molecule has 0 bridgehead atoms. The second kappa shape index (κ2) is 8.24. The van der Waals surface area contributed by atoms with Gasteiger partial charge in [-0.15, -0.1) is 0 Å². The standard InChI is InChI=1S/C15H21F3N4O2S/c1-14(2,3)24-13(23)21-7-6-20-10-5-4-9(15(16,17)18)8-11(10)22-12(19)25/h4-5,8,20H,6-7H2,1-3H3,(H,21,23)(H3,19,22,25). The van der Waals surface area contributed by atoms with Crippen LogP contribution in [0.5, 0.6) is 0 Å². The molecular formula is C15H21F3N4O2S. The minimum atomic E-state index is -4.48. The number of alkyl carbamates (subject to hydrolysis) is 1. The number of rotatable bonds is 5. The average Bonchev–Trinajstić information content (AvgIpc) is 2.41. The van der Waals surface area contributed by atoms with E-state index < -0.39 is 23.4 Å². The van der Waals surface area contributed by atoms with Gasteiger partial charge < -0.3 is 26.4 Å². The molecule has 0 spiro atoms. The molecule has 0 saturated carbocycles. The Bertz CT molecular complexity index is 630. The van der Waals surface area contributed by atoms with E-state index in [4.69, 9.17) is 10.5 Å². The highest BCUT2D eigenvalue weighted by atomic mass is 32.1. The highest BCUT2D eigenvalue weighted by molar-refractivity contribution is 7.80. The van der Waals surface area contributed by atoms with E-state index in [2.05, 4.69) is 28.2 Å². The van der Waals surface area contributed by atoms with E-state index in [9.17, 15) is 18.0 Å². The molecule has 0 aromatic heterocycles. The van der Waals surface area contributed by atoms with Gasteiger partial charge in [0.2, 0.25) is 0 Å². The average molecular weight is 378 g/mol. The van der Waals surface area contributed by atoms with Crippen LogP contribution in [-0.2, 0) is 10.9 Å². The summed E-state index contributed by atoms with van der Waals surface area (Å²) in [6.07, 6.45) is -5.06. The monoisotopic (exact) mass is 378 g/mol. The van der Waals surface area contributed by atoms with Gasteiger partial charge in [0.15, 0.2) is 5.11 Å². The topological polar surface area (TPSA) is 88.4 Å². The van der Waals surface area contributed by atoms with Gasteiger partial charge in [0.25, 0.3) is 0 Å². The minimum Gasteiger partial charge on any atom is -0.444 e. The van der Waals surface area contributed by atoms with Crippen LogP contribution >= 0.6 is 12.2 Å². The number of ether oxygens (including phenoxy) is 1. The van der Waals surface area contributed by atoms with E-state index in [-0.39, 0.29) is 23.9 Å². The number of carbonyl (C=O) groups excluding carboxylic acids is 1. The second-order valence-corrected chi connectivity index (χ2v) is 6.54. The summed E-state index contributed by atoms with van der Waals surface area (Å²) in [5.74, 6) is 0. The Morgan fingerprint density at radius 2 is 1.84 bits per heavy atom. The van der Waals surface area contributed by atoms with Crippen molar-refractivity contribution < 1.29 is 22.7 Å². The molecule has 0 aliphatic carbocycles. The van der Waals surface area contributed by atoms with E-state index >= 15 is 0 Å². The fraction of sp³-hybridized carbons (Fsp3) is 0.467. The molecule has 1 aromatic carbocycles. The van der Waals surface area contributed by atoms with Crippen molar-refractivity contribution in [2.24, 2.45) is 5.73 Å². The van der Waals surface area contributed by atoms with Crippen molar-refractivity contribution in [3.8, 4) is 0 Å². The summed E-state index contributed by atoms with van der Waals surface area (Å²) < 4.78 is 43.5. The molecule has 0 atom stereocenters. The zero-order valence-electron chi connectivity index (χ0n) is 14.1. The van der Waals surface area contributed by atoms with Gasteiger partial charge in [-0.3, -0.25) is 0 Å². The van der Waals surface area contributed by atoms with Crippen molar-refractivity contribution in [2.75, 3.05) is 23.7 Å². The fourth-order valence-corrected chi connectivity index (χ4v) is 1.90. The van der Waals surface area contributed by atoms with Crippen LogP contribution in [0.15, 0.2) is 18.2 Å². The summed E-state index contributed by atoms with van der Waals surface area (Å²) in [6, 6.07) is 3.11. The Morgan fingerprint density at radius 1 is 1.20 bits per heavy atom. The van der Waals surface area contributed by atoms with Gasteiger partial charge in [-0.25, -0.2) is 4.79 Å². The Morgan fingerprint density at radius 3 is 2.36 bits per heavy atom. The first-order chi connectivity index (χ1) is 11.4. The van der Waals surface area contributed by atoms with Gasteiger partial charge in [-0.05, 0) is 51.2 Å². The Hall–Kier alpha value is -2.23. The van der Waals surface area contributed by atoms with Crippen molar-refractivity contribution in [2.45, 2.75) is 32.5 Å². The van der Waals surface area contributed by atoms with Crippen LogP contribution in [0.1, 0.15) is 26.3 Å². The molecule has 0 aliphatic rings. The molecule has 0 saturated heterocycles. The number of thiocarbonyl (C=S) groups is 1. The number of benzene rings is 1. The van der Waals surface area contributed by atoms with E-state index in [0.29, 0.717) is 5.69 Å². The summed E-state index contributed by atoms with van der Waals surface area (Å²) >= 11 is 4.68.